The molecule has 2 nitrogen and oxygen atoms in total. The smallest absolute Gasteiger partial charge is 0.0684 e. The third-order valence-electron chi connectivity index (χ3n) is 2.54. The Labute approximate surface area is 88.7 Å². The average Bonchev–Trinajstić information content (AvgIpc) is 2.14. The zero-order valence-corrected chi connectivity index (χ0v) is 10.1. The fourth-order valence-corrected chi connectivity index (χ4v) is 1.30. The van der Waals surface area contributed by atoms with Gasteiger partial charge in [-0.15, -0.1) is 0 Å². The molecule has 0 bridgehead atoms. The van der Waals surface area contributed by atoms with Crippen LogP contribution in [0, 0.1) is 16.7 Å². The SMILES string of the molecule is CCCCC(C)NCCC(C)(C)C#N. The fraction of sp³-hybridized carbons (Fsp3) is 0.917. The third kappa shape index (κ3) is 6.91. The maximum Gasteiger partial charge on any atom is 0.0684 e. The van der Waals surface area contributed by atoms with Gasteiger partial charge in [0.05, 0.1) is 11.5 Å². The number of rotatable bonds is 7. The lowest BCUT2D eigenvalue weighted by Crippen LogP contribution is -2.29. The van der Waals surface area contributed by atoms with E-state index >= 15 is 0 Å². The first kappa shape index (κ1) is 13.4. The van der Waals surface area contributed by atoms with Gasteiger partial charge in [0, 0.05) is 6.04 Å². The van der Waals surface area contributed by atoms with Crippen LogP contribution < -0.4 is 5.32 Å². The molecule has 0 aliphatic carbocycles. The van der Waals surface area contributed by atoms with Gasteiger partial charge in [-0.1, -0.05) is 19.8 Å². The van der Waals surface area contributed by atoms with Gasteiger partial charge in [0.2, 0.25) is 0 Å². The van der Waals surface area contributed by atoms with E-state index in [1.165, 1.54) is 19.3 Å². The zero-order chi connectivity index (χ0) is 11.0. The molecule has 0 aliphatic heterocycles. The Morgan fingerprint density at radius 2 is 2.07 bits per heavy atom. The number of nitrogens with one attached hydrogen (secondary N) is 1. The molecule has 0 saturated heterocycles. The molecule has 0 fully saturated rings. The average molecular weight is 196 g/mol. The summed E-state index contributed by atoms with van der Waals surface area (Å²) in [5.74, 6) is 0. The van der Waals surface area contributed by atoms with Gasteiger partial charge >= 0.3 is 0 Å². The van der Waals surface area contributed by atoms with E-state index in [-0.39, 0.29) is 5.41 Å². The summed E-state index contributed by atoms with van der Waals surface area (Å²) >= 11 is 0. The molecule has 0 aromatic heterocycles. The molecule has 0 aromatic rings. The molecule has 1 unspecified atom stereocenters. The molecular weight excluding hydrogens is 172 g/mol. The maximum atomic E-state index is 8.82. The van der Waals surface area contributed by atoms with Crippen LogP contribution in [0.5, 0.6) is 0 Å². The Kier molecular flexibility index (Phi) is 6.57. The molecule has 0 amide bonds. The van der Waals surface area contributed by atoms with E-state index in [9.17, 15) is 0 Å². The summed E-state index contributed by atoms with van der Waals surface area (Å²) < 4.78 is 0. The van der Waals surface area contributed by atoms with E-state index in [4.69, 9.17) is 5.26 Å². The lowest BCUT2D eigenvalue weighted by molar-refractivity contribution is 0.403. The highest BCUT2D eigenvalue weighted by Gasteiger charge is 2.15. The maximum absolute atomic E-state index is 8.82. The number of hydrogen-bond donors (Lipinski definition) is 1. The number of nitriles is 1. The van der Waals surface area contributed by atoms with Gasteiger partial charge in [-0.3, -0.25) is 0 Å². The third-order valence-corrected chi connectivity index (χ3v) is 2.54. The first-order chi connectivity index (χ1) is 6.52. The van der Waals surface area contributed by atoms with Crippen LogP contribution in [0.15, 0.2) is 0 Å². The van der Waals surface area contributed by atoms with Crippen LogP contribution in [0.1, 0.15) is 53.4 Å². The molecule has 0 heterocycles. The molecule has 0 saturated carbocycles. The van der Waals surface area contributed by atoms with Crippen molar-refractivity contribution >= 4 is 0 Å². The van der Waals surface area contributed by atoms with E-state index in [2.05, 4.69) is 25.2 Å². The zero-order valence-electron chi connectivity index (χ0n) is 10.1. The standard InChI is InChI=1S/C12H24N2/c1-5-6-7-11(2)14-9-8-12(3,4)10-13/h11,14H,5-9H2,1-4H3. The van der Waals surface area contributed by atoms with Crippen molar-refractivity contribution in [3.8, 4) is 6.07 Å². The lowest BCUT2D eigenvalue weighted by atomic mass is 9.91. The van der Waals surface area contributed by atoms with Crippen LogP contribution >= 0.6 is 0 Å². The highest BCUT2D eigenvalue weighted by molar-refractivity contribution is 4.91. The van der Waals surface area contributed by atoms with Crippen molar-refractivity contribution in [2.75, 3.05) is 6.54 Å². The van der Waals surface area contributed by atoms with E-state index in [0.29, 0.717) is 6.04 Å². The fourth-order valence-electron chi connectivity index (χ4n) is 1.30. The molecule has 0 rings (SSSR count). The Bertz CT molecular complexity index is 179. The van der Waals surface area contributed by atoms with E-state index in [1.54, 1.807) is 0 Å². The number of nitrogens with zero attached hydrogens (tertiary/aromatic N) is 1. The van der Waals surface area contributed by atoms with Crippen molar-refractivity contribution in [1.29, 1.82) is 5.26 Å². The first-order valence-electron chi connectivity index (χ1n) is 5.66. The predicted octanol–water partition coefficient (Wildman–Crippen LogP) is 3.09. The summed E-state index contributed by atoms with van der Waals surface area (Å²) in [6.45, 7) is 9.36. The molecular formula is C12H24N2. The molecule has 1 atom stereocenters. The van der Waals surface area contributed by atoms with Crippen LogP contribution in [0.4, 0.5) is 0 Å². The van der Waals surface area contributed by atoms with Gasteiger partial charge in [0.1, 0.15) is 0 Å². The molecule has 14 heavy (non-hydrogen) atoms. The Balaban J connectivity index is 3.50. The highest BCUT2D eigenvalue weighted by atomic mass is 14.9. The topological polar surface area (TPSA) is 35.8 Å². The normalized spacial score (nSPS) is 13.6. The minimum atomic E-state index is -0.183. The van der Waals surface area contributed by atoms with Gasteiger partial charge in [-0.25, -0.2) is 0 Å². The summed E-state index contributed by atoms with van der Waals surface area (Å²) in [6, 6.07) is 2.91. The minimum Gasteiger partial charge on any atom is -0.314 e. The van der Waals surface area contributed by atoms with Gasteiger partial charge in [0.15, 0.2) is 0 Å². The molecule has 0 aromatic carbocycles. The largest absolute Gasteiger partial charge is 0.314 e. The first-order valence-corrected chi connectivity index (χ1v) is 5.66. The summed E-state index contributed by atoms with van der Waals surface area (Å²) in [7, 11) is 0. The van der Waals surface area contributed by atoms with E-state index < -0.39 is 0 Å². The monoisotopic (exact) mass is 196 g/mol. The summed E-state index contributed by atoms with van der Waals surface area (Å²) in [6.07, 6.45) is 4.72. The summed E-state index contributed by atoms with van der Waals surface area (Å²) in [4.78, 5) is 0. The number of hydrogen-bond acceptors (Lipinski definition) is 2. The van der Waals surface area contributed by atoms with Gasteiger partial charge in [0.25, 0.3) is 0 Å². The second-order valence-corrected chi connectivity index (χ2v) is 4.74. The van der Waals surface area contributed by atoms with Crippen molar-refractivity contribution in [2.45, 2.75) is 59.4 Å². The predicted molar refractivity (Wildman–Crippen MR) is 61.0 cm³/mol. The van der Waals surface area contributed by atoms with Crippen LogP contribution in [0.2, 0.25) is 0 Å². The summed E-state index contributed by atoms with van der Waals surface area (Å²) in [5, 5.41) is 12.3. The quantitative estimate of drug-likeness (QED) is 0.679. The second-order valence-electron chi connectivity index (χ2n) is 4.74. The molecule has 1 N–H and O–H groups in total. The Hall–Kier alpha value is -0.550. The minimum absolute atomic E-state index is 0.183. The van der Waals surface area contributed by atoms with Crippen molar-refractivity contribution < 1.29 is 0 Å². The van der Waals surface area contributed by atoms with Gasteiger partial charge < -0.3 is 5.32 Å². The van der Waals surface area contributed by atoms with Crippen molar-refractivity contribution in [3.05, 3.63) is 0 Å². The summed E-state index contributed by atoms with van der Waals surface area (Å²) in [5.41, 5.74) is -0.183. The molecule has 82 valence electrons. The van der Waals surface area contributed by atoms with Crippen LogP contribution in [0.25, 0.3) is 0 Å². The van der Waals surface area contributed by atoms with Gasteiger partial charge in [-0.2, -0.15) is 5.26 Å². The van der Waals surface area contributed by atoms with E-state index in [1.807, 2.05) is 13.8 Å². The molecule has 2 heteroatoms. The van der Waals surface area contributed by atoms with Crippen molar-refractivity contribution in [2.24, 2.45) is 5.41 Å². The lowest BCUT2D eigenvalue weighted by Gasteiger charge is -2.18. The molecule has 0 spiro atoms. The molecule has 0 radical (unpaired) electrons. The van der Waals surface area contributed by atoms with Crippen LogP contribution in [-0.4, -0.2) is 12.6 Å². The second kappa shape index (κ2) is 6.84. The van der Waals surface area contributed by atoms with Crippen LogP contribution in [-0.2, 0) is 0 Å². The Morgan fingerprint density at radius 1 is 1.43 bits per heavy atom. The Morgan fingerprint density at radius 3 is 2.57 bits per heavy atom. The van der Waals surface area contributed by atoms with Crippen LogP contribution in [0.3, 0.4) is 0 Å². The number of unbranched alkanes of at least 4 members (excludes halogenated alkanes) is 1. The van der Waals surface area contributed by atoms with E-state index in [0.717, 1.165) is 13.0 Å². The van der Waals surface area contributed by atoms with Crippen molar-refractivity contribution in [1.82, 2.24) is 5.32 Å². The van der Waals surface area contributed by atoms with Gasteiger partial charge in [-0.05, 0) is 40.2 Å². The van der Waals surface area contributed by atoms with Crippen molar-refractivity contribution in [3.63, 3.8) is 0 Å². The highest BCUT2D eigenvalue weighted by Crippen LogP contribution is 2.17. The molecule has 0 aliphatic rings.